The Labute approximate surface area is 308 Å². The fourth-order valence-electron chi connectivity index (χ4n) is 8.82. The van der Waals surface area contributed by atoms with Gasteiger partial charge in [-0.05, 0) is 112 Å². The molecule has 13 nitrogen and oxygen atoms in total. The Bertz CT molecular complexity index is 1350. The van der Waals surface area contributed by atoms with Crippen molar-refractivity contribution in [3.8, 4) is 5.75 Å². The molecule has 1 aromatic heterocycles. The van der Waals surface area contributed by atoms with E-state index in [2.05, 4.69) is 20.9 Å². The zero-order valence-corrected chi connectivity index (χ0v) is 30.8. The van der Waals surface area contributed by atoms with Gasteiger partial charge in [0, 0.05) is 44.6 Å². The van der Waals surface area contributed by atoms with Gasteiger partial charge in [-0.2, -0.15) is 0 Å². The predicted molar refractivity (Wildman–Crippen MR) is 194 cm³/mol. The SMILES string of the molecule is O=C(CCCCCCNC(=O)c1ccc(OCc2cn(CCCCCCOCCOCCNC(=O)CC34CC5CC(CC(C5)C3)C4)nn2)cc1)NO. The number of carbonyl (C=O) groups excluding carboxylic acids is 3. The van der Waals surface area contributed by atoms with Crippen LogP contribution in [-0.4, -0.2) is 77.4 Å². The number of benzene rings is 1. The zero-order chi connectivity index (χ0) is 36.4. The topological polar surface area (TPSA) is 166 Å². The monoisotopic (exact) mass is 724 g/mol. The molecule has 0 saturated heterocycles. The van der Waals surface area contributed by atoms with E-state index < -0.39 is 0 Å². The summed E-state index contributed by atoms with van der Waals surface area (Å²) in [5.74, 6) is 2.98. The molecule has 0 radical (unpaired) electrons. The molecule has 4 aliphatic carbocycles. The zero-order valence-electron chi connectivity index (χ0n) is 30.8. The molecule has 52 heavy (non-hydrogen) atoms. The van der Waals surface area contributed by atoms with Gasteiger partial charge in [0.25, 0.3) is 5.91 Å². The van der Waals surface area contributed by atoms with Crippen molar-refractivity contribution < 1.29 is 33.8 Å². The summed E-state index contributed by atoms with van der Waals surface area (Å²) in [7, 11) is 0. The van der Waals surface area contributed by atoms with Crippen molar-refractivity contribution in [3.63, 3.8) is 0 Å². The lowest BCUT2D eigenvalue weighted by Gasteiger charge is -2.56. The van der Waals surface area contributed by atoms with Crippen LogP contribution in [0.2, 0.25) is 0 Å². The first-order valence-electron chi connectivity index (χ1n) is 19.6. The van der Waals surface area contributed by atoms with E-state index in [0.717, 1.165) is 81.5 Å². The molecule has 13 heteroatoms. The first-order valence-corrected chi connectivity index (χ1v) is 19.6. The van der Waals surface area contributed by atoms with Gasteiger partial charge in [0.15, 0.2) is 0 Å². The molecule has 288 valence electrons. The molecule has 4 aliphatic rings. The van der Waals surface area contributed by atoms with Crippen LogP contribution < -0.4 is 20.9 Å². The van der Waals surface area contributed by atoms with Gasteiger partial charge < -0.3 is 24.8 Å². The second-order valence-electron chi connectivity index (χ2n) is 15.3. The number of amides is 3. The van der Waals surface area contributed by atoms with Crippen LogP contribution in [0.25, 0.3) is 0 Å². The number of hydrogen-bond donors (Lipinski definition) is 4. The Balaban J connectivity index is 0.802. The Kier molecular flexibility index (Phi) is 16.2. The summed E-state index contributed by atoms with van der Waals surface area (Å²) < 4.78 is 19.1. The molecule has 2 aromatic rings. The van der Waals surface area contributed by atoms with Crippen molar-refractivity contribution in [1.29, 1.82) is 0 Å². The number of nitrogens with one attached hydrogen (secondary N) is 3. The van der Waals surface area contributed by atoms with E-state index in [-0.39, 0.29) is 23.1 Å². The van der Waals surface area contributed by atoms with E-state index in [0.29, 0.717) is 70.1 Å². The molecule has 4 fully saturated rings. The number of nitrogens with zero attached hydrogens (tertiary/aromatic N) is 3. The lowest BCUT2D eigenvalue weighted by molar-refractivity contribution is -0.130. The van der Waals surface area contributed by atoms with E-state index in [4.69, 9.17) is 19.4 Å². The molecule has 0 unspecified atom stereocenters. The highest BCUT2D eigenvalue weighted by Gasteiger charge is 2.51. The first-order chi connectivity index (χ1) is 25.4. The minimum absolute atomic E-state index is 0.137. The number of hydroxylamine groups is 1. The van der Waals surface area contributed by atoms with Crippen LogP contribution in [-0.2, 0) is 32.2 Å². The smallest absolute Gasteiger partial charge is 0.251 e. The minimum atomic E-state index is -0.373. The van der Waals surface area contributed by atoms with Crippen molar-refractivity contribution >= 4 is 17.7 Å². The third-order valence-electron chi connectivity index (χ3n) is 10.9. The number of aryl methyl sites for hydroxylation is 1. The Morgan fingerprint density at radius 3 is 2.17 bits per heavy atom. The quantitative estimate of drug-likeness (QED) is 0.0568. The van der Waals surface area contributed by atoms with E-state index >= 15 is 0 Å². The van der Waals surface area contributed by atoms with E-state index in [1.54, 1.807) is 29.7 Å². The molecule has 1 heterocycles. The average Bonchev–Trinajstić information content (AvgIpc) is 3.59. The highest BCUT2D eigenvalue weighted by atomic mass is 16.5. The number of aromatic nitrogens is 3. The van der Waals surface area contributed by atoms with Gasteiger partial charge in [0.05, 0.1) is 26.0 Å². The number of ether oxygens (including phenoxy) is 3. The molecular weight excluding hydrogens is 664 g/mol. The van der Waals surface area contributed by atoms with Crippen LogP contribution in [0.15, 0.2) is 30.5 Å². The molecule has 4 N–H and O–H groups in total. The maximum absolute atomic E-state index is 12.6. The van der Waals surface area contributed by atoms with Gasteiger partial charge in [-0.15, -0.1) is 5.10 Å². The summed E-state index contributed by atoms with van der Waals surface area (Å²) in [5.41, 5.74) is 3.23. The van der Waals surface area contributed by atoms with Crippen molar-refractivity contribution in [2.75, 3.05) is 39.5 Å². The van der Waals surface area contributed by atoms with Gasteiger partial charge in [-0.1, -0.05) is 30.9 Å². The van der Waals surface area contributed by atoms with E-state index in [1.165, 1.54) is 38.5 Å². The predicted octanol–water partition coefficient (Wildman–Crippen LogP) is 5.36. The van der Waals surface area contributed by atoms with Gasteiger partial charge in [0.1, 0.15) is 18.1 Å². The fraction of sp³-hybridized carbons (Fsp3) is 0.718. The van der Waals surface area contributed by atoms with Gasteiger partial charge in [-0.3, -0.25) is 24.3 Å². The van der Waals surface area contributed by atoms with Crippen LogP contribution in [0, 0.1) is 23.2 Å². The summed E-state index contributed by atoms with van der Waals surface area (Å²) in [6.07, 6.45) is 18.4. The van der Waals surface area contributed by atoms with Crippen LogP contribution in [0.4, 0.5) is 0 Å². The number of unbranched alkanes of at least 4 members (excludes halogenated alkanes) is 6. The number of hydrogen-bond acceptors (Lipinski definition) is 9. The first kappa shape index (κ1) is 39.7. The molecule has 4 saturated carbocycles. The molecule has 0 spiro atoms. The molecular formula is C39H60N6O7. The van der Waals surface area contributed by atoms with Crippen molar-refractivity contribution in [2.45, 2.75) is 116 Å². The summed E-state index contributed by atoms with van der Waals surface area (Å²) in [4.78, 5) is 36.0. The second kappa shape index (κ2) is 21.2. The highest BCUT2D eigenvalue weighted by Crippen LogP contribution is 2.61. The largest absolute Gasteiger partial charge is 0.487 e. The van der Waals surface area contributed by atoms with Gasteiger partial charge in [0.2, 0.25) is 11.8 Å². The van der Waals surface area contributed by atoms with Crippen LogP contribution >= 0.6 is 0 Å². The molecule has 3 amide bonds. The average molecular weight is 725 g/mol. The van der Waals surface area contributed by atoms with E-state index in [1.807, 2.05) is 10.9 Å². The molecule has 4 bridgehead atoms. The lowest BCUT2D eigenvalue weighted by Crippen LogP contribution is -2.48. The second-order valence-corrected chi connectivity index (χ2v) is 15.3. The minimum Gasteiger partial charge on any atom is -0.487 e. The Morgan fingerprint density at radius 2 is 1.44 bits per heavy atom. The van der Waals surface area contributed by atoms with Crippen molar-refractivity contribution in [1.82, 2.24) is 31.1 Å². The van der Waals surface area contributed by atoms with Crippen molar-refractivity contribution in [2.24, 2.45) is 23.2 Å². The maximum Gasteiger partial charge on any atom is 0.251 e. The van der Waals surface area contributed by atoms with E-state index in [9.17, 15) is 14.4 Å². The van der Waals surface area contributed by atoms with Crippen molar-refractivity contribution in [3.05, 3.63) is 41.7 Å². The highest BCUT2D eigenvalue weighted by molar-refractivity contribution is 5.94. The van der Waals surface area contributed by atoms with Crippen LogP contribution in [0.3, 0.4) is 0 Å². The van der Waals surface area contributed by atoms with Gasteiger partial charge >= 0.3 is 0 Å². The summed E-state index contributed by atoms with van der Waals surface area (Å²) in [5, 5.41) is 22.9. The standard InChI is InChI=1S/C39H60N6O7/c46-36(43-49)9-5-1-2-6-14-41-38(48)33-10-12-35(13-11-33)52-29-34-28-45(44-42-34)16-7-3-4-8-17-50-19-20-51-18-15-40-37(47)27-39-24-30-21-31(25-39)23-32(22-30)26-39/h10-13,28,30-32,49H,1-9,14-27,29H2,(H,40,47)(H,41,48)(H,43,46). The van der Waals surface area contributed by atoms with Crippen LogP contribution in [0.1, 0.15) is 119 Å². The molecule has 0 aliphatic heterocycles. The third kappa shape index (κ3) is 13.5. The summed E-state index contributed by atoms with van der Waals surface area (Å²) >= 11 is 0. The number of rotatable bonds is 26. The fourth-order valence-corrected chi connectivity index (χ4v) is 8.82. The van der Waals surface area contributed by atoms with Gasteiger partial charge in [-0.25, -0.2) is 5.48 Å². The Morgan fingerprint density at radius 1 is 0.769 bits per heavy atom. The maximum atomic E-state index is 12.6. The molecule has 1 aromatic carbocycles. The number of carbonyl (C=O) groups is 3. The summed E-state index contributed by atoms with van der Waals surface area (Å²) in [6, 6.07) is 7.01. The van der Waals surface area contributed by atoms with Crippen LogP contribution in [0.5, 0.6) is 5.75 Å². The summed E-state index contributed by atoms with van der Waals surface area (Å²) in [6.45, 7) is 4.60. The molecule has 0 atom stereocenters. The normalized spacial score (nSPS) is 21.6. The molecule has 6 rings (SSSR count). The third-order valence-corrected chi connectivity index (χ3v) is 10.9. The lowest BCUT2D eigenvalue weighted by atomic mass is 9.49. The Hall–Kier alpha value is -3.55.